The van der Waals surface area contributed by atoms with Crippen LogP contribution in [0.5, 0.6) is 0 Å². The van der Waals surface area contributed by atoms with Crippen LogP contribution >= 0.6 is 0 Å². The van der Waals surface area contributed by atoms with Crippen molar-refractivity contribution < 1.29 is 4.79 Å². The number of rotatable bonds is 2. The first-order chi connectivity index (χ1) is 12.7. The summed E-state index contributed by atoms with van der Waals surface area (Å²) in [6.45, 7) is 2.66. The highest BCUT2D eigenvalue weighted by Crippen LogP contribution is 2.32. The molecule has 1 aliphatic heterocycles. The summed E-state index contributed by atoms with van der Waals surface area (Å²) < 4.78 is 0. The second kappa shape index (κ2) is 5.67. The first-order valence-electron chi connectivity index (χ1n) is 8.97. The van der Waals surface area contributed by atoms with Crippen LogP contribution in [0.25, 0.3) is 21.7 Å². The summed E-state index contributed by atoms with van der Waals surface area (Å²) in [6.07, 6.45) is 0.995. The molecule has 2 heterocycles. The normalized spacial score (nSPS) is 13.6. The Hall–Kier alpha value is -3.20. The van der Waals surface area contributed by atoms with Gasteiger partial charge in [0.25, 0.3) is 5.91 Å². The Balaban J connectivity index is 1.63. The number of aryl methyl sites for hydroxylation is 1. The molecule has 1 aromatic heterocycles. The Kier molecular flexibility index (Phi) is 3.29. The van der Waals surface area contributed by atoms with Crippen molar-refractivity contribution in [1.82, 2.24) is 4.98 Å². The van der Waals surface area contributed by atoms with Crippen LogP contribution in [0, 0.1) is 0 Å². The lowest BCUT2D eigenvalue weighted by atomic mass is 10.0. The molecular formula is C23H18N2O. The lowest BCUT2D eigenvalue weighted by molar-refractivity contribution is 0.0996. The summed E-state index contributed by atoms with van der Waals surface area (Å²) in [6, 6.07) is 22.6. The molecule has 0 saturated carbocycles. The number of hydrogen-bond acceptors (Lipinski definition) is 2. The Labute approximate surface area is 151 Å². The standard InChI is InChI=1S/C23H18N2O/c1-2-15-7-11-18(12-8-15)25-14-21-20(23(25)26)13-17-10-9-16-5-3-4-6-19(16)22(17)24-21/h3-13H,2,14H2,1H3. The molecule has 0 unspecified atom stereocenters. The van der Waals surface area contributed by atoms with Crippen LogP contribution in [0.1, 0.15) is 28.5 Å². The lowest BCUT2D eigenvalue weighted by Gasteiger charge is -2.15. The molecule has 26 heavy (non-hydrogen) atoms. The maximum absolute atomic E-state index is 12.9. The van der Waals surface area contributed by atoms with E-state index in [2.05, 4.69) is 43.3 Å². The minimum atomic E-state index is 0.0341. The fourth-order valence-corrected chi connectivity index (χ4v) is 3.74. The average Bonchev–Trinajstić information content (AvgIpc) is 3.02. The number of anilines is 1. The van der Waals surface area contributed by atoms with Gasteiger partial charge in [0, 0.05) is 16.5 Å². The summed E-state index contributed by atoms with van der Waals surface area (Å²) in [5.74, 6) is 0.0341. The van der Waals surface area contributed by atoms with Gasteiger partial charge in [-0.2, -0.15) is 0 Å². The van der Waals surface area contributed by atoms with Crippen molar-refractivity contribution in [3.8, 4) is 0 Å². The van der Waals surface area contributed by atoms with Crippen molar-refractivity contribution in [3.05, 3.63) is 83.6 Å². The topological polar surface area (TPSA) is 33.2 Å². The van der Waals surface area contributed by atoms with E-state index in [1.807, 2.05) is 35.2 Å². The fourth-order valence-electron chi connectivity index (χ4n) is 3.74. The van der Waals surface area contributed by atoms with Gasteiger partial charge in [0.2, 0.25) is 0 Å². The SMILES string of the molecule is CCc1ccc(N2Cc3nc4c(ccc5ccccc54)cc3C2=O)cc1. The Morgan fingerprint density at radius 3 is 2.54 bits per heavy atom. The second-order valence-electron chi connectivity index (χ2n) is 6.75. The van der Waals surface area contributed by atoms with E-state index in [9.17, 15) is 4.79 Å². The van der Waals surface area contributed by atoms with Gasteiger partial charge < -0.3 is 4.90 Å². The van der Waals surface area contributed by atoms with Crippen molar-refractivity contribution in [2.45, 2.75) is 19.9 Å². The van der Waals surface area contributed by atoms with Gasteiger partial charge in [-0.05, 0) is 35.6 Å². The van der Waals surface area contributed by atoms with Gasteiger partial charge >= 0.3 is 0 Å². The van der Waals surface area contributed by atoms with Crippen molar-refractivity contribution in [1.29, 1.82) is 0 Å². The fraction of sp³-hybridized carbons (Fsp3) is 0.130. The number of carbonyl (C=O) groups is 1. The van der Waals surface area contributed by atoms with Crippen molar-refractivity contribution >= 4 is 33.3 Å². The van der Waals surface area contributed by atoms with Crippen LogP contribution in [-0.2, 0) is 13.0 Å². The third-order valence-electron chi connectivity index (χ3n) is 5.23. The highest BCUT2D eigenvalue weighted by Gasteiger charge is 2.30. The maximum atomic E-state index is 12.9. The molecule has 5 rings (SSSR count). The molecule has 1 aliphatic rings. The van der Waals surface area contributed by atoms with E-state index in [-0.39, 0.29) is 5.91 Å². The van der Waals surface area contributed by atoms with Crippen molar-refractivity contribution in [2.24, 2.45) is 0 Å². The highest BCUT2D eigenvalue weighted by molar-refractivity contribution is 6.13. The molecule has 0 fully saturated rings. The average molecular weight is 338 g/mol. The largest absolute Gasteiger partial charge is 0.302 e. The van der Waals surface area contributed by atoms with Crippen LogP contribution in [0.2, 0.25) is 0 Å². The van der Waals surface area contributed by atoms with E-state index in [1.54, 1.807) is 0 Å². The molecule has 0 bridgehead atoms. The molecule has 3 nitrogen and oxygen atoms in total. The number of benzene rings is 3. The Morgan fingerprint density at radius 2 is 1.73 bits per heavy atom. The monoisotopic (exact) mass is 338 g/mol. The third-order valence-corrected chi connectivity index (χ3v) is 5.23. The number of fused-ring (bicyclic) bond motifs is 4. The van der Waals surface area contributed by atoms with Crippen LogP contribution in [0.4, 0.5) is 5.69 Å². The van der Waals surface area contributed by atoms with Gasteiger partial charge in [0.15, 0.2) is 0 Å². The number of nitrogens with zero attached hydrogens (tertiary/aromatic N) is 2. The predicted molar refractivity (Wildman–Crippen MR) is 106 cm³/mol. The zero-order valence-corrected chi connectivity index (χ0v) is 14.6. The van der Waals surface area contributed by atoms with Gasteiger partial charge in [-0.3, -0.25) is 4.79 Å². The summed E-state index contributed by atoms with van der Waals surface area (Å²) in [5.41, 5.74) is 4.75. The molecule has 4 aromatic rings. The van der Waals surface area contributed by atoms with Gasteiger partial charge in [0.1, 0.15) is 0 Å². The van der Waals surface area contributed by atoms with Crippen LogP contribution in [0.15, 0.2) is 66.7 Å². The minimum absolute atomic E-state index is 0.0341. The molecule has 0 aliphatic carbocycles. The van der Waals surface area contributed by atoms with Gasteiger partial charge in [-0.25, -0.2) is 4.98 Å². The van der Waals surface area contributed by atoms with E-state index >= 15 is 0 Å². The zero-order chi connectivity index (χ0) is 17.7. The molecular weight excluding hydrogens is 320 g/mol. The smallest absolute Gasteiger partial charge is 0.260 e. The summed E-state index contributed by atoms with van der Waals surface area (Å²) in [7, 11) is 0. The maximum Gasteiger partial charge on any atom is 0.260 e. The lowest BCUT2D eigenvalue weighted by Crippen LogP contribution is -2.22. The zero-order valence-electron chi connectivity index (χ0n) is 14.6. The van der Waals surface area contributed by atoms with Gasteiger partial charge in [0.05, 0.1) is 23.3 Å². The summed E-state index contributed by atoms with van der Waals surface area (Å²) in [4.78, 5) is 19.6. The quantitative estimate of drug-likeness (QED) is 0.476. The number of pyridine rings is 1. The molecule has 0 radical (unpaired) electrons. The van der Waals surface area contributed by atoms with Crippen LogP contribution in [0.3, 0.4) is 0 Å². The Bertz CT molecular complexity index is 1160. The number of carbonyl (C=O) groups excluding carboxylic acids is 1. The summed E-state index contributed by atoms with van der Waals surface area (Å²) >= 11 is 0. The first-order valence-corrected chi connectivity index (χ1v) is 8.97. The van der Waals surface area contributed by atoms with E-state index in [0.29, 0.717) is 12.1 Å². The first kappa shape index (κ1) is 15.1. The molecule has 0 N–H and O–H groups in total. The second-order valence-corrected chi connectivity index (χ2v) is 6.75. The molecule has 0 atom stereocenters. The van der Waals surface area contributed by atoms with Crippen molar-refractivity contribution in [2.75, 3.05) is 4.90 Å². The molecule has 3 heteroatoms. The molecule has 0 spiro atoms. The third kappa shape index (κ3) is 2.21. The molecule has 0 saturated heterocycles. The van der Waals surface area contributed by atoms with E-state index in [1.165, 1.54) is 10.9 Å². The highest BCUT2D eigenvalue weighted by atomic mass is 16.2. The van der Waals surface area contributed by atoms with E-state index < -0.39 is 0 Å². The molecule has 1 amide bonds. The van der Waals surface area contributed by atoms with Crippen molar-refractivity contribution in [3.63, 3.8) is 0 Å². The van der Waals surface area contributed by atoms with Crippen LogP contribution in [-0.4, -0.2) is 10.9 Å². The van der Waals surface area contributed by atoms with E-state index in [0.717, 1.165) is 34.1 Å². The minimum Gasteiger partial charge on any atom is -0.302 e. The van der Waals surface area contributed by atoms with E-state index in [4.69, 9.17) is 4.98 Å². The summed E-state index contributed by atoms with van der Waals surface area (Å²) in [5, 5.41) is 3.31. The Morgan fingerprint density at radius 1 is 0.962 bits per heavy atom. The molecule has 3 aromatic carbocycles. The number of aromatic nitrogens is 1. The molecule has 126 valence electrons. The van der Waals surface area contributed by atoms with Gasteiger partial charge in [-0.1, -0.05) is 55.5 Å². The number of amides is 1. The van der Waals surface area contributed by atoms with Crippen LogP contribution < -0.4 is 4.90 Å². The number of hydrogen-bond donors (Lipinski definition) is 0. The predicted octanol–water partition coefficient (Wildman–Crippen LogP) is 5.11. The van der Waals surface area contributed by atoms with Gasteiger partial charge in [-0.15, -0.1) is 0 Å².